The molecule has 2 amide bonds. The first-order valence-corrected chi connectivity index (χ1v) is 5.34. The number of esters is 1. The fraction of sp³-hybridized carbons (Fsp3) is 0.545. The minimum atomic E-state index is -1.30. The zero-order chi connectivity index (χ0) is 14.1. The van der Waals surface area contributed by atoms with E-state index in [1.807, 2.05) is 13.8 Å². The molecule has 0 saturated carbocycles. The summed E-state index contributed by atoms with van der Waals surface area (Å²) in [7, 11) is 1.15. The van der Waals surface area contributed by atoms with Gasteiger partial charge >= 0.3 is 18.0 Å². The molecule has 0 unspecified atom stereocenters. The van der Waals surface area contributed by atoms with Crippen molar-refractivity contribution in [2.24, 2.45) is 0 Å². The molecule has 0 rings (SSSR count). The van der Waals surface area contributed by atoms with E-state index in [1.54, 1.807) is 6.08 Å². The first-order chi connectivity index (χ1) is 8.36. The van der Waals surface area contributed by atoms with Crippen molar-refractivity contribution in [1.29, 1.82) is 0 Å². The van der Waals surface area contributed by atoms with Gasteiger partial charge in [0.25, 0.3) is 0 Å². The number of urea groups is 1. The third-order valence-corrected chi connectivity index (χ3v) is 1.97. The minimum absolute atomic E-state index is 0.290. The lowest BCUT2D eigenvalue weighted by Gasteiger charge is -2.13. The van der Waals surface area contributed by atoms with E-state index in [2.05, 4.69) is 15.4 Å². The fourth-order valence-corrected chi connectivity index (χ4v) is 1.01. The highest BCUT2D eigenvalue weighted by molar-refractivity contribution is 5.86. The lowest BCUT2D eigenvalue weighted by Crippen LogP contribution is -2.47. The fourth-order valence-electron chi connectivity index (χ4n) is 1.01. The molecule has 0 aliphatic rings. The van der Waals surface area contributed by atoms with Crippen LogP contribution < -0.4 is 10.6 Å². The number of allylic oxidation sites excluding steroid dienone is 1. The number of carboxylic acids is 1. The van der Waals surface area contributed by atoms with Crippen LogP contribution in [0.2, 0.25) is 0 Å². The highest BCUT2D eigenvalue weighted by Crippen LogP contribution is 1.95. The van der Waals surface area contributed by atoms with Crippen molar-refractivity contribution < 1.29 is 24.2 Å². The Labute approximate surface area is 105 Å². The van der Waals surface area contributed by atoms with Gasteiger partial charge in [-0.2, -0.15) is 0 Å². The Morgan fingerprint density at radius 2 is 1.94 bits per heavy atom. The number of ether oxygens (including phenoxy) is 1. The molecule has 102 valence electrons. The van der Waals surface area contributed by atoms with Gasteiger partial charge in [-0.15, -0.1) is 0 Å². The average Bonchev–Trinajstić information content (AvgIpc) is 2.27. The van der Waals surface area contributed by atoms with E-state index in [-0.39, 0.29) is 0 Å². The van der Waals surface area contributed by atoms with Crippen LogP contribution in [0.5, 0.6) is 0 Å². The molecule has 0 aliphatic heterocycles. The summed E-state index contributed by atoms with van der Waals surface area (Å²) in [4.78, 5) is 33.1. The molecule has 7 nitrogen and oxygen atoms in total. The number of amides is 2. The molecule has 1 atom stereocenters. The highest BCUT2D eigenvalue weighted by Gasteiger charge is 2.23. The third kappa shape index (κ3) is 7.26. The van der Waals surface area contributed by atoms with Gasteiger partial charge in [0, 0.05) is 6.54 Å². The number of rotatable bonds is 6. The second-order valence-electron chi connectivity index (χ2n) is 3.81. The van der Waals surface area contributed by atoms with Gasteiger partial charge in [0.1, 0.15) is 6.04 Å². The van der Waals surface area contributed by atoms with Gasteiger partial charge in [-0.3, -0.25) is 4.79 Å². The highest BCUT2D eigenvalue weighted by atomic mass is 16.5. The van der Waals surface area contributed by atoms with Crippen molar-refractivity contribution in [1.82, 2.24) is 10.6 Å². The molecule has 0 spiro atoms. The number of hydrogen-bond acceptors (Lipinski definition) is 4. The molecule has 7 heteroatoms. The zero-order valence-corrected chi connectivity index (χ0v) is 10.6. The monoisotopic (exact) mass is 258 g/mol. The molecule has 0 fully saturated rings. The Bertz CT molecular complexity index is 347. The largest absolute Gasteiger partial charge is 0.480 e. The number of nitrogens with one attached hydrogen (secondary N) is 2. The Morgan fingerprint density at radius 1 is 1.33 bits per heavy atom. The maximum absolute atomic E-state index is 11.3. The Balaban J connectivity index is 4.24. The topological polar surface area (TPSA) is 105 Å². The van der Waals surface area contributed by atoms with Crippen LogP contribution in [0.4, 0.5) is 4.79 Å². The lowest BCUT2D eigenvalue weighted by atomic mass is 10.2. The van der Waals surface area contributed by atoms with E-state index < -0.39 is 30.4 Å². The molecule has 0 aromatic carbocycles. The van der Waals surface area contributed by atoms with Crippen LogP contribution in [0.1, 0.15) is 20.3 Å². The van der Waals surface area contributed by atoms with E-state index in [1.165, 1.54) is 0 Å². The van der Waals surface area contributed by atoms with Crippen LogP contribution in [-0.4, -0.2) is 42.8 Å². The standard InChI is InChI=1S/C11H18N2O5/c1-7(2)4-5-12-11(17)13-8(10(15)16)6-9(14)18-3/h4,8H,5-6H2,1-3H3,(H,15,16)(H2,12,13,17)/t8-/m0/s1. The maximum atomic E-state index is 11.3. The van der Waals surface area contributed by atoms with Crippen molar-refractivity contribution in [3.63, 3.8) is 0 Å². The van der Waals surface area contributed by atoms with E-state index in [0.717, 1.165) is 12.7 Å². The van der Waals surface area contributed by atoms with Crippen LogP contribution in [0.15, 0.2) is 11.6 Å². The smallest absolute Gasteiger partial charge is 0.326 e. The van der Waals surface area contributed by atoms with Crippen molar-refractivity contribution in [3.8, 4) is 0 Å². The SMILES string of the molecule is COC(=O)C[C@H](NC(=O)NCC=C(C)C)C(=O)O. The van der Waals surface area contributed by atoms with E-state index in [4.69, 9.17) is 5.11 Å². The Kier molecular flexibility index (Phi) is 7.18. The van der Waals surface area contributed by atoms with Crippen LogP contribution in [0, 0.1) is 0 Å². The second-order valence-corrected chi connectivity index (χ2v) is 3.81. The zero-order valence-electron chi connectivity index (χ0n) is 10.6. The van der Waals surface area contributed by atoms with Gasteiger partial charge in [-0.25, -0.2) is 9.59 Å². The molecule has 0 bridgehead atoms. The number of methoxy groups -OCH3 is 1. The van der Waals surface area contributed by atoms with Crippen molar-refractivity contribution in [2.75, 3.05) is 13.7 Å². The van der Waals surface area contributed by atoms with Crippen LogP contribution in [-0.2, 0) is 14.3 Å². The number of carboxylic acid groups (broad SMARTS) is 1. The summed E-state index contributed by atoms with van der Waals surface area (Å²) < 4.78 is 4.34. The van der Waals surface area contributed by atoms with Gasteiger partial charge in [0.2, 0.25) is 0 Å². The first kappa shape index (κ1) is 16.0. The molecule has 0 aliphatic carbocycles. The summed E-state index contributed by atoms with van der Waals surface area (Å²) >= 11 is 0. The van der Waals surface area contributed by atoms with E-state index in [0.29, 0.717) is 6.54 Å². The lowest BCUT2D eigenvalue weighted by molar-refractivity contribution is -0.147. The summed E-state index contributed by atoms with van der Waals surface area (Å²) in [5, 5.41) is 13.4. The van der Waals surface area contributed by atoms with Gasteiger partial charge in [0.15, 0.2) is 0 Å². The number of carbonyl (C=O) groups excluding carboxylic acids is 2. The molecule has 0 heterocycles. The van der Waals surface area contributed by atoms with Gasteiger partial charge in [0.05, 0.1) is 13.5 Å². The molecule has 0 aromatic rings. The summed E-state index contributed by atoms with van der Waals surface area (Å²) in [6, 6.07) is -1.95. The van der Waals surface area contributed by atoms with Gasteiger partial charge < -0.3 is 20.5 Å². The molecule has 0 saturated heterocycles. The third-order valence-electron chi connectivity index (χ3n) is 1.97. The molecule has 0 aromatic heterocycles. The Hall–Kier alpha value is -2.05. The molecular weight excluding hydrogens is 240 g/mol. The van der Waals surface area contributed by atoms with Crippen LogP contribution in [0.3, 0.4) is 0 Å². The molecule has 0 radical (unpaired) electrons. The average molecular weight is 258 g/mol. The first-order valence-electron chi connectivity index (χ1n) is 5.34. The van der Waals surface area contributed by atoms with Crippen molar-refractivity contribution >= 4 is 18.0 Å². The summed E-state index contributed by atoms with van der Waals surface area (Å²) in [6.45, 7) is 4.03. The molecule has 3 N–H and O–H groups in total. The quantitative estimate of drug-likeness (QED) is 0.468. The van der Waals surface area contributed by atoms with Crippen LogP contribution >= 0.6 is 0 Å². The van der Waals surface area contributed by atoms with Gasteiger partial charge in [-0.1, -0.05) is 11.6 Å². The Morgan fingerprint density at radius 3 is 2.39 bits per heavy atom. The van der Waals surface area contributed by atoms with Crippen molar-refractivity contribution in [2.45, 2.75) is 26.3 Å². The second kappa shape index (κ2) is 8.10. The minimum Gasteiger partial charge on any atom is -0.480 e. The summed E-state index contributed by atoms with van der Waals surface area (Å²) in [5.41, 5.74) is 1.03. The number of carbonyl (C=O) groups is 3. The number of aliphatic carboxylic acids is 1. The molecular formula is C11H18N2O5. The van der Waals surface area contributed by atoms with E-state index in [9.17, 15) is 14.4 Å². The summed E-state index contributed by atoms with van der Waals surface area (Å²) in [6.07, 6.45) is 1.36. The number of hydrogen-bond donors (Lipinski definition) is 3. The van der Waals surface area contributed by atoms with Crippen LogP contribution in [0.25, 0.3) is 0 Å². The summed E-state index contributed by atoms with van der Waals surface area (Å²) in [5.74, 6) is -2.00. The predicted molar refractivity (Wildman–Crippen MR) is 64.0 cm³/mol. The van der Waals surface area contributed by atoms with Gasteiger partial charge in [-0.05, 0) is 13.8 Å². The predicted octanol–water partition coefficient (Wildman–Crippen LogP) is 0.268. The molecule has 18 heavy (non-hydrogen) atoms. The van der Waals surface area contributed by atoms with Crippen molar-refractivity contribution in [3.05, 3.63) is 11.6 Å². The maximum Gasteiger partial charge on any atom is 0.326 e. The van der Waals surface area contributed by atoms with E-state index >= 15 is 0 Å². The normalized spacial score (nSPS) is 11.1.